The van der Waals surface area contributed by atoms with Crippen LogP contribution < -0.4 is 0 Å². The molecule has 216 valence electrons. The third-order valence-corrected chi connectivity index (χ3v) is 8.13. The van der Waals surface area contributed by atoms with Crippen molar-refractivity contribution < 1.29 is 0 Å². The van der Waals surface area contributed by atoms with Crippen LogP contribution >= 0.6 is 0 Å². The van der Waals surface area contributed by atoms with E-state index in [1.807, 2.05) is 66.7 Å². The van der Waals surface area contributed by atoms with Crippen molar-refractivity contribution in [2.75, 3.05) is 0 Å². The molecule has 0 aliphatic carbocycles. The first-order chi connectivity index (χ1) is 22.8. The Labute approximate surface area is 267 Å². The third kappa shape index (κ3) is 5.31. The minimum atomic E-state index is 0.637. The van der Waals surface area contributed by atoms with E-state index in [2.05, 4.69) is 94.9 Å². The van der Waals surface area contributed by atoms with Crippen LogP contribution in [0.1, 0.15) is 0 Å². The van der Waals surface area contributed by atoms with Crippen molar-refractivity contribution in [2.24, 2.45) is 0 Å². The molecule has 2 heterocycles. The van der Waals surface area contributed by atoms with E-state index < -0.39 is 0 Å². The highest BCUT2D eigenvalue weighted by Gasteiger charge is 2.15. The molecule has 0 N–H and O–H groups in total. The van der Waals surface area contributed by atoms with E-state index in [4.69, 9.17) is 15.0 Å². The van der Waals surface area contributed by atoms with Crippen molar-refractivity contribution in [1.29, 1.82) is 0 Å². The summed E-state index contributed by atoms with van der Waals surface area (Å²) < 4.78 is 0. The van der Waals surface area contributed by atoms with Crippen LogP contribution in [0.2, 0.25) is 0 Å². The molecule has 0 bridgehead atoms. The Morgan fingerprint density at radius 3 is 1.50 bits per heavy atom. The maximum absolute atomic E-state index is 4.92. The van der Waals surface area contributed by atoms with Crippen molar-refractivity contribution in [1.82, 2.24) is 24.9 Å². The van der Waals surface area contributed by atoms with Gasteiger partial charge in [0.05, 0.1) is 5.69 Å². The highest BCUT2D eigenvalue weighted by atomic mass is 15.0. The van der Waals surface area contributed by atoms with Crippen LogP contribution in [0, 0.1) is 0 Å². The molecule has 2 aromatic heterocycles. The van der Waals surface area contributed by atoms with Gasteiger partial charge in [0.1, 0.15) is 6.33 Å². The Balaban J connectivity index is 1.22. The molecular weight excluding hydrogens is 562 g/mol. The van der Waals surface area contributed by atoms with E-state index in [1.54, 1.807) is 12.5 Å². The SMILES string of the molecule is c1ccc(-c2nc(-c3ccccc3)nc(-c3ccc(-c4c(-c5ccc(-c6ccncn6)cc5)ccc5ccccc45)cc3)n2)cc1. The largest absolute Gasteiger partial charge is 0.245 e. The highest BCUT2D eigenvalue weighted by Crippen LogP contribution is 2.39. The predicted octanol–water partition coefficient (Wildman–Crippen LogP) is 9.82. The zero-order valence-electron chi connectivity index (χ0n) is 24.8. The fourth-order valence-corrected chi connectivity index (χ4v) is 5.83. The minimum absolute atomic E-state index is 0.637. The lowest BCUT2D eigenvalue weighted by molar-refractivity contribution is 1.07. The van der Waals surface area contributed by atoms with Gasteiger partial charge in [-0.2, -0.15) is 0 Å². The summed E-state index contributed by atoms with van der Waals surface area (Å²) in [5.74, 6) is 1.93. The van der Waals surface area contributed by atoms with Crippen LogP contribution in [0.15, 0.2) is 164 Å². The molecule has 0 atom stereocenters. The second-order valence-electron chi connectivity index (χ2n) is 11.0. The first-order valence-corrected chi connectivity index (χ1v) is 15.2. The Morgan fingerprint density at radius 2 is 0.891 bits per heavy atom. The number of rotatable bonds is 6. The van der Waals surface area contributed by atoms with Gasteiger partial charge in [-0.25, -0.2) is 24.9 Å². The summed E-state index contributed by atoms with van der Waals surface area (Å²) in [6, 6.07) is 52.1. The lowest BCUT2D eigenvalue weighted by atomic mass is 9.89. The van der Waals surface area contributed by atoms with Gasteiger partial charge >= 0.3 is 0 Å². The lowest BCUT2D eigenvalue weighted by Gasteiger charge is -2.15. The number of nitrogens with zero attached hydrogens (tertiary/aromatic N) is 5. The summed E-state index contributed by atoms with van der Waals surface area (Å²) >= 11 is 0. The molecule has 0 saturated heterocycles. The Kier molecular flexibility index (Phi) is 7.09. The number of aromatic nitrogens is 5. The average Bonchev–Trinajstić information content (AvgIpc) is 3.15. The van der Waals surface area contributed by atoms with Gasteiger partial charge in [-0.15, -0.1) is 0 Å². The molecule has 46 heavy (non-hydrogen) atoms. The molecule has 0 aliphatic rings. The molecule has 5 heteroatoms. The molecule has 0 aliphatic heterocycles. The van der Waals surface area contributed by atoms with Crippen molar-refractivity contribution in [3.63, 3.8) is 0 Å². The zero-order valence-corrected chi connectivity index (χ0v) is 24.8. The normalized spacial score (nSPS) is 11.0. The summed E-state index contributed by atoms with van der Waals surface area (Å²) in [5, 5.41) is 2.39. The summed E-state index contributed by atoms with van der Waals surface area (Å²) in [7, 11) is 0. The highest BCUT2D eigenvalue weighted by molar-refractivity contribution is 6.04. The lowest BCUT2D eigenvalue weighted by Crippen LogP contribution is -2.00. The molecule has 8 aromatic rings. The van der Waals surface area contributed by atoms with Crippen molar-refractivity contribution in [2.45, 2.75) is 0 Å². The summed E-state index contributed by atoms with van der Waals surface area (Å²) in [6.07, 6.45) is 3.35. The molecule has 0 spiro atoms. The van der Waals surface area contributed by atoms with Crippen LogP contribution in [0.25, 0.3) is 78.4 Å². The second kappa shape index (κ2) is 12.0. The smallest absolute Gasteiger partial charge is 0.164 e. The minimum Gasteiger partial charge on any atom is -0.245 e. The Bertz CT molecular complexity index is 2210. The van der Waals surface area contributed by atoms with Gasteiger partial charge in [0.15, 0.2) is 17.5 Å². The fourth-order valence-electron chi connectivity index (χ4n) is 5.83. The molecule has 6 aromatic carbocycles. The van der Waals surface area contributed by atoms with Crippen LogP contribution in [0.3, 0.4) is 0 Å². The number of hydrogen-bond donors (Lipinski definition) is 0. The quantitative estimate of drug-likeness (QED) is 0.193. The molecule has 0 radical (unpaired) electrons. The molecule has 8 rings (SSSR count). The molecule has 0 amide bonds. The van der Waals surface area contributed by atoms with Crippen molar-refractivity contribution in [3.05, 3.63) is 164 Å². The maximum atomic E-state index is 4.92. The predicted molar refractivity (Wildman–Crippen MR) is 186 cm³/mol. The average molecular weight is 590 g/mol. The molecule has 0 unspecified atom stereocenters. The van der Waals surface area contributed by atoms with Gasteiger partial charge in [0.2, 0.25) is 0 Å². The first kappa shape index (κ1) is 27.2. The van der Waals surface area contributed by atoms with E-state index >= 15 is 0 Å². The van der Waals surface area contributed by atoms with Crippen LogP contribution in [-0.2, 0) is 0 Å². The van der Waals surface area contributed by atoms with Crippen LogP contribution in [-0.4, -0.2) is 24.9 Å². The van der Waals surface area contributed by atoms with Gasteiger partial charge in [0.25, 0.3) is 0 Å². The number of benzene rings is 6. The van der Waals surface area contributed by atoms with Crippen LogP contribution in [0.4, 0.5) is 0 Å². The summed E-state index contributed by atoms with van der Waals surface area (Å²) in [6.45, 7) is 0. The topological polar surface area (TPSA) is 64.5 Å². The van der Waals surface area contributed by atoms with Gasteiger partial charge in [-0.1, -0.05) is 146 Å². The van der Waals surface area contributed by atoms with E-state index in [-0.39, 0.29) is 0 Å². The first-order valence-electron chi connectivity index (χ1n) is 15.2. The summed E-state index contributed by atoms with van der Waals surface area (Å²) in [5.41, 5.74) is 9.40. The van der Waals surface area contributed by atoms with E-state index in [1.165, 1.54) is 21.9 Å². The molecule has 0 fully saturated rings. The van der Waals surface area contributed by atoms with E-state index in [0.29, 0.717) is 17.5 Å². The maximum Gasteiger partial charge on any atom is 0.164 e. The van der Waals surface area contributed by atoms with Crippen molar-refractivity contribution >= 4 is 10.8 Å². The van der Waals surface area contributed by atoms with Gasteiger partial charge < -0.3 is 0 Å². The van der Waals surface area contributed by atoms with Gasteiger partial charge in [0, 0.05) is 28.5 Å². The summed E-state index contributed by atoms with van der Waals surface area (Å²) in [4.78, 5) is 23.1. The van der Waals surface area contributed by atoms with Crippen LogP contribution in [0.5, 0.6) is 0 Å². The molecular formula is C41H27N5. The third-order valence-electron chi connectivity index (χ3n) is 8.13. The van der Waals surface area contributed by atoms with E-state index in [9.17, 15) is 0 Å². The zero-order chi connectivity index (χ0) is 30.7. The van der Waals surface area contributed by atoms with Crippen molar-refractivity contribution in [3.8, 4) is 67.7 Å². The van der Waals surface area contributed by atoms with Gasteiger partial charge in [-0.05, 0) is 39.1 Å². The van der Waals surface area contributed by atoms with Gasteiger partial charge in [-0.3, -0.25) is 0 Å². The molecule has 5 nitrogen and oxygen atoms in total. The fraction of sp³-hybridized carbons (Fsp3) is 0. The Morgan fingerprint density at radius 1 is 0.370 bits per heavy atom. The monoisotopic (exact) mass is 589 g/mol. The molecule has 0 saturated carbocycles. The second-order valence-corrected chi connectivity index (χ2v) is 11.0. The number of hydrogen-bond acceptors (Lipinski definition) is 5. The number of fused-ring (bicyclic) bond motifs is 1. The van der Waals surface area contributed by atoms with E-state index in [0.717, 1.165) is 39.1 Å². The standard InChI is InChI=1S/C41H27N5/c1-3-10-32(11-4-1)39-44-40(33-12-5-2-6-13-33)46-41(45-39)34-21-19-31(20-22-34)38-35-14-8-7-9-28(35)23-24-36(38)29-15-17-30(18-16-29)37-25-26-42-27-43-37/h1-27H. The Hall–Kier alpha value is -6.33.